The van der Waals surface area contributed by atoms with Gasteiger partial charge in [0.1, 0.15) is 22.2 Å². The summed E-state index contributed by atoms with van der Waals surface area (Å²) in [5, 5.41) is 0.218. The lowest BCUT2D eigenvalue weighted by Crippen LogP contribution is -2.17. The first-order valence-corrected chi connectivity index (χ1v) is 7.75. The van der Waals surface area contributed by atoms with Gasteiger partial charge in [-0.15, -0.1) is 0 Å². The highest BCUT2D eigenvalue weighted by Gasteiger charge is 2.27. The van der Waals surface area contributed by atoms with Crippen LogP contribution in [0.25, 0.3) is 10.9 Å². The van der Waals surface area contributed by atoms with E-state index < -0.39 is 5.82 Å². The predicted octanol–water partition coefficient (Wildman–Crippen LogP) is 4.10. The molecular formula is C16H21ClFN3O2. The van der Waals surface area contributed by atoms with E-state index in [-0.39, 0.29) is 38.7 Å². The summed E-state index contributed by atoms with van der Waals surface area (Å²) in [4.78, 5) is 8.63. The van der Waals surface area contributed by atoms with Crippen molar-refractivity contribution >= 4 is 28.3 Å². The van der Waals surface area contributed by atoms with Crippen molar-refractivity contribution in [2.45, 2.75) is 39.5 Å². The molecule has 126 valence electrons. The topological polar surface area (TPSA) is 70.3 Å². The molecule has 0 bridgehead atoms. The Bertz CT molecular complexity index is 745. The van der Waals surface area contributed by atoms with Crippen LogP contribution in [0.4, 0.5) is 10.2 Å². The first-order chi connectivity index (χ1) is 10.7. The van der Waals surface area contributed by atoms with Gasteiger partial charge in [-0.25, -0.2) is 14.4 Å². The van der Waals surface area contributed by atoms with Gasteiger partial charge >= 0.3 is 0 Å². The molecule has 0 spiro atoms. The van der Waals surface area contributed by atoms with Gasteiger partial charge < -0.3 is 15.2 Å². The summed E-state index contributed by atoms with van der Waals surface area (Å²) < 4.78 is 25.5. The number of methoxy groups -OCH3 is 1. The molecule has 1 aromatic carbocycles. The number of ether oxygens (including phenoxy) is 2. The molecule has 2 N–H and O–H groups in total. The third-order valence-corrected chi connectivity index (χ3v) is 3.65. The molecule has 1 aromatic heterocycles. The van der Waals surface area contributed by atoms with Crippen molar-refractivity contribution in [3.63, 3.8) is 0 Å². The summed E-state index contributed by atoms with van der Waals surface area (Å²) in [6.07, 6.45) is 0.748. The van der Waals surface area contributed by atoms with Crippen LogP contribution < -0.4 is 15.2 Å². The van der Waals surface area contributed by atoms with E-state index in [0.717, 1.165) is 6.42 Å². The zero-order valence-corrected chi connectivity index (χ0v) is 14.7. The summed E-state index contributed by atoms with van der Waals surface area (Å²) >= 11 is 6.41. The molecule has 0 unspecified atom stereocenters. The summed E-state index contributed by atoms with van der Waals surface area (Å²) in [7, 11) is 1.35. The van der Waals surface area contributed by atoms with E-state index >= 15 is 0 Å². The molecule has 0 aliphatic rings. The maximum atomic E-state index is 14.8. The molecule has 2 aromatic rings. The molecule has 0 atom stereocenters. The SMILES string of the molecule is CCCOc1c(OC)c(F)c2c(N)nc(C(C)(C)C)nc2c1Cl. The van der Waals surface area contributed by atoms with Crippen LogP contribution in [0.5, 0.6) is 11.5 Å². The van der Waals surface area contributed by atoms with Crippen LogP contribution >= 0.6 is 11.6 Å². The summed E-state index contributed by atoms with van der Waals surface area (Å²) in [6, 6.07) is 0. The minimum absolute atomic E-state index is 0.0275. The highest BCUT2D eigenvalue weighted by molar-refractivity contribution is 6.37. The average Bonchev–Trinajstić information content (AvgIpc) is 2.47. The van der Waals surface area contributed by atoms with Crippen LogP contribution in [0.2, 0.25) is 5.02 Å². The fraction of sp³-hybridized carbons (Fsp3) is 0.500. The molecule has 0 aliphatic heterocycles. The van der Waals surface area contributed by atoms with Gasteiger partial charge in [-0.05, 0) is 6.42 Å². The van der Waals surface area contributed by atoms with E-state index in [2.05, 4.69) is 9.97 Å². The third-order valence-electron chi connectivity index (χ3n) is 3.29. The highest BCUT2D eigenvalue weighted by Crippen LogP contribution is 2.44. The van der Waals surface area contributed by atoms with Crippen LogP contribution in [0.3, 0.4) is 0 Å². The molecule has 5 nitrogen and oxygen atoms in total. The van der Waals surface area contributed by atoms with Gasteiger partial charge in [-0.3, -0.25) is 0 Å². The summed E-state index contributed by atoms with van der Waals surface area (Å²) in [6.45, 7) is 8.14. The Balaban J connectivity index is 2.85. The van der Waals surface area contributed by atoms with Crippen LogP contribution in [0.15, 0.2) is 0 Å². The van der Waals surface area contributed by atoms with Gasteiger partial charge in [0.05, 0.1) is 19.1 Å². The van der Waals surface area contributed by atoms with Crippen molar-refractivity contribution in [3.8, 4) is 11.5 Å². The van der Waals surface area contributed by atoms with Crippen molar-refractivity contribution in [3.05, 3.63) is 16.7 Å². The number of anilines is 1. The molecule has 2 rings (SSSR count). The number of benzene rings is 1. The van der Waals surface area contributed by atoms with Crippen molar-refractivity contribution in [2.75, 3.05) is 19.5 Å². The Kier molecular flexibility index (Phi) is 4.84. The second kappa shape index (κ2) is 6.35. The maximum Gasteiger partial charge on any atom is 0.199 e. The average molecular weight is 342 g/mol. The first kappa shape index (κ1) is 17.5. The van der Waals surface area contributed by atoms with Crippen LogP contribution in [-0.2, 0) is 5.41 Å². The van der Waals surface area contributed by atoms with Gasteiger partial charge in [0, 0.05) is 5.41 Å². The Labute approximate surface area is 140 Å². The number of hydrogen-bond donors (Lipinski definition) is 1. The van der Waals surface area contributed by atoms with Crippen LogP contribution in [0.1, 0.15) is 39.9 Å². The molecule has 23 heavy (non-hydrogen) atoms. The number of rotatable bonds is 4. The van der Waals surface area contributed by atoms with E-state index in [4.69, 9.17) is 26.8 Å². The van der Waals surface area contributed by atoms with E-state index in [0.29, 0.717) is 12.4 Å². The molecule has 0 fully saturated rings. The zero-order valence-electron chi connectivity index (χ0n) is 14.0. The van der Waals surface area contributed by atoms with Gasteiger partial charge in [0.25, 0.3) is 0 Å². The number of halogens is 2. The summed E-state index contributed by atoms with van der Waals surface area (Å²) in [5.41, 5.74) is 5.83. The number of nitrogens with zero attached hydrogens (tertiary/aromatic N) is 2. The van der Waals surface area contributed by atoms with Gasteiger partial charge in [0.2, 0.25) is 0 Å². The lowest BCUT2D eigenvalue weighted by molar-refractivity contribution is 0.288. The molecule has 0 saturated carbocycles. The normalized spacial score (nSPS) is 11.8. The minimum atomic E-state index is -0.670. The lowest BCUT2D eigenvalue weighted by atomic mass is 9.95. The fourth-order valence-electron chi connectivity index (χ4n) is 2.12. The third kappa shape index (κ3) is 3.13. The van der Waals surface area contributed by atoms with E-state index in [1.165, 1.54) is 7.11 Å². The second-order valence-corrected chi connectivity index (χ2v) is 6.62. The molecule has 0 amide bonds. The van der Waals surface area contributed by atoms with E-state index in [1.807, 2.05) is 27.7 Å². The van der Waals surface area contributed by atoms with E-state index in [1.54, 1.807) is 0 Å². The largest absolute Gasteiger partial charge is 0.490 e. The standard InChI is InChI=1S/C16H21ClFN3O2/c1-6-7-23-12-9(17)11-8(10(18)13(12)22-5)14(19)21-15(20-11)16(2,3)4/h6-7H2,1-5H3,(H2,19,20,21). The maximum absolute atomic E-state index is 14.8. The Morgan fingerprint density at radius 2 is 1.87 bits per heavy atom. The molecular weight excluding hydrogens is 321 g/mol. The number of nitrogen functional groups attached to an aromatic ring is 1. The number of aromatic nitrogens is 2. The van der Waals surface area contributed by atoms with Crippen molar-refractivity contribution < 1.29 is 13.9 Å². The molecule has 7 heteroatoms. The number of hydrogen-bond acceptors (Lipinski definition) is 5. The van der Waals surface area contributed by atoms with Gasteiger partial charge in [-0.1, -0.05) is 39.3 Å². The minimum Gasteiger partial charge on any atom is -0.490 e. The first-order valence-electron chi connectivity index (χ1n) is 7.37. The predicted molar refractivity (Wildman–Crippen MR) is 90.0 cm³/mol. The van der Waals surface area contributed by atoms with Crippen molar-refractivity contribution in [1.82, 2.24) is 9.97 Å². The van der Waals surface area contributed by atoms with Gasteiger partial charge in [-0.2, -0.15) is 0 Å². The molecule has 0 radical (unpaired) electrons. The van der Waals surface area contributed by atoms with Crippen molar-refractivity contribution in [1.29, 1.82) is 0 Å². The monoisotopic (exact) mass is 341 g/mol. The molecule has 1 heterocycles. The van der Waals surface area contributed by atoms with Crippen molar-refractivity contribution in [2.24, 2.45) is 0 Å². The quantitative estimate of drug-likeness (QED) is 0.906. The zero-order chi connectivity index (χ0) is 17.4. The Morgan fingerprint density at radius 3 is 2.39 bits per heavy atom. The number of fused-ring (bicyclic) bond motifs is 1. The fourth-order valence-corrected chi connectivity index (χ4v) is 2.40. The lowest BCUT2D eigenvalue weighted by Gasteiger charge is -2.20. The Hall–Kier alpha value is -1.82. The van der Waals surface area contributed by atoms with Crippen LogP contribution in [0, 0.1) is 5.82 Å². The Morgan fingerprint density at radius 1 is 1.22 bits per heavy atom. The second-order valence-electron chi connectivity index (χ2n) is 6.24. The van der Waals surface area contributed by atoms with E-state index in [9.17, 15) is 4.39 Å². The van der Waals surface area contributed by atoms with Crippen LogP contribution in [-0.4, -0.2) is 23.7 Å². The molecule has 0 aliphatic carbocycles. The number of nitrogens with two attached hydrogens (primary N) is 1. The summed E-state index contributed by atoms with van der Waals surface area (Å²) in [5.74, 6) is -0.111. The molecule has 0 saturated heterocycles. The van der Waals surface area contributed by atoms with Gasteiger partial charge in [0.15, 0.2) is 17.3 Å². The highest BCUT2D eigenvalue weighted by atomic mass is 35.5. The smallest absolute Gasteiger partial charge is 0.199 e.